The molecular weight excluding hydrogens is 470 g/mol. The van der Waals surface area contributed by atoms with Crippen molar-refractivity contribution in [3.63, 3.8) is 0 Å². The highest BCUT2D eigenvalue weighted by atomic mass is 79.9. The van der Waals surface area contributed by atoms with Gasteiger partial charge in [0, 0.05) is 21.7 Å². The molecule has 158 valence electrons. The number of hydrogen-bond donors (Lipinski definition) is 0. The molecular formula is C25H18BrN3O3. The number of halogens is 1. The fraction of sp³-hybridized carbons (Fsp3) is 0.0400. The van der Waals surface area contributed by atoms with Crippen LogP contribution in [-0.4, -0.2) is 33.4 Å². The van der Waals surface area contributed by atoms with E-state index in [0.717, 1.165) is 27.0 Å². The van der Waals surface area contributed by atoms with E-state index in [1.165, 1.54) is 6.08 Å². The third kappa shape index (κ3) is 5.25. The minimum Gasteiger partial charge on any atom is -0.454 e. The third-order valence-corrected chi connectivity index (χ3v) is 5.21. The Labute approximate surface area is 193 Å². The first kappa shape index (κ1) is 21.4. The number of rotatable bonds is 7. The second-order valence-electron chi connectivity index (χ2n) is 6.86. The first-order valence-electron chi connectivity index (χ1n) is 9.80. The van der Waals surface area contributed by atoms with Crippen molar-refractivity contribution in [2.24, 2.45) is 0 Å². The SMILES string of the molecule is O=C(/C=C/c1ccccc1)OCC(=O)c1ccc(-n2nncc2-c2ccc(Br)cc2)cc1. The largest absolute Gasteiger partial charge is 0.454 e. The van der Waals surface area contributed by atoms with E-state index in [1.54, 1.807) is 41.2 Å². The number of nitrogens with zero attached hydrogens (tertiary/aromatic N) is 3. The molecule has 7 heteroatoms. The normalized spacial score (nSPS) is 10.9. The number of benzene rings is 3. The van der Waals surface area contributed by atoms with E-state index in [0.29, 0.717) is 5.56 Å². The van der Waals surface area contributed by atoms with Gasteiger partial charge in [0.05, 0.1) is 17.6 Å². The van der Waals surface area contributed by atoms with Crippen LogP contribution in [0.4, 0.5) is 0 Å². The van der Waals surface area contributed by atoms with Gasteiger partial charge in [0.2, 0.25) is 0 Å². The maximum absolute atomic E-state index is 12.4. The number of aromatic nitrogens is 3. The number of ether oxygens (including phenoxy) is 1. The van der Waals surface area contributed by atoms with Crippen LogP contribution in [0.1, 0.15) is 15.9 Å². The molecule has 0 N–H and O–H groups in total. The molecule has 4 aromatic rings. The van der Waals surface area contributed by atoms with Crippen LogP contribution in [0.5, 0.6) is 0 Å². The number of hydrogen-bond acceptors (Lipinski definition) is 5. The van der Waals surface area contributed by atoms with Crippen molar-refractivity contribution in [3.05, 3.63) is 107 Å². The Bertz CT molecular complexity index is 1250. The second-order valence-corrected chi connectivity index (χ2v) is 7.78. The number of carbonyl (C=O) groups is 2. The van der Waals surface area contributed by atoms with Gasteiger partial charge in [0.1, 0.15) is 0 Å². The van der Waals surface area contributed by atoms with E-state index in [2.05, 4.69) is 26.2 Å². The van der Waals surface area contributed by atoms with Crippen LogP contribution in [0.2, 0.25) is 0 Å². The molecule has 0 amide bonds. The van der Waals surface area contributed by atoms with Crippen LogP contribution in [0, 0.1) is 0 Å². The van der Waals surface area contributed by atoms with Crippen LogP contribution >= 0.6 is 15.9 Å². The first-order valence-corrected chi connectivity index (χ1v) is 10.6. The molecule has 0 spiro atoms. The molecule has 6 nitrogen and oxygen atoms in total. The van der Waals surface area contributed by atoms with Gasteiger partial charge in [-0.3, -0.25) is 4.79 Å². The van der Waals surface area contributed by atoms with Crippen molar-refractivity contribution >= 4 is 33.8 Å². The average molecular weight is 488 g/mol. The van der Waals surface area contributed by atoms with Crippen molar-refractivity contribution in [2.75, 3.05) is 6.61 Å². The van der Waals surface area contributed by atoms with E-state index in [4.69, 9.17) is 4.74 Å². The van der Waals surface area contributed by atoms with Gasteiger partial charge in [-0.15, -0.1) is 5.10 Å². The summed E-state index contributed by atoms with van der Waals surface area (Å²) in [6, 6.07) is 24.1. The molecule has 0 radical (unpaired) electrons. The van der Waals surface area contributed by atoms with Gasteiger partial charge in [-0.05, 0) is 48.0 Å². The molecule has 0 aliphatic carbocycles. The van der Waals surface area contributed by atoms with Crippen molar-refractivity contribution in [1.29, 1.82) is 0 Å². The Hall–Kier alpha value is -3.84. The van der Waals surface area contributed by atoms with Crippen LogP contribution in [0.3, 0.4) is 0 Å². The molecule has 32 heavy (non-hydrogen) atoms. The van der Waals surface area contributed by atoms with Crippen molar-refractivity contribution in [2.45, 2.75) is 0 Å². The highest BCUT2D eigenvalue weighted by molar-refractivity contribution is 9.10. The summed E-state index contributed by atoms with van der Waals surface area (Å²) in [6.45, 7) is -0.329. The molecule has 1 aromatic heterocycles. The molecule has 0 bridgehead atoms. The highest BCUT2D eigenvalue weighted by Crippen LogP contribution is 2.23. The van der Waals surface area contributed by atoms with Gasteiger partial charge in [-0.2, -0.15) is 0 Å². The van der Waals surface area contributed by atoms with Gasteiger partial charge in [0.25, 0.3) is 0 Å². The number of esters is 1. The zero-order chi connectivity index (χ0) is 22.3. The van der Waals surface area contributed by atoms with Gasteiger partial charge < -0.3 is 4.74 Å². The van der Waals surface area contributed by atoms with Crippen LogP contribution in [0.25, 0.3) is 23.0 Å². The highest BCUT2D eigenvalue weighted by Gasteiger charge is 2.12. The van der Waals surface area contributed by atoms with Crippen molar-refractivity contribution in [3.8, 4) is 16.9 Å². The number of Topliss-reactive ketones (excluding diaryl/α,β-unsaturated/α-hetero) is 1. The Balaban J connectivity index is 1.39. The second kappa shape index (κ2) is 9.98. The lowest BCUT2D eigenvalue weighted by atomic mass is 10.1. The Morgan fingerprint density at radius 1 is 0.938 bits per heavy atom. The van der Waals surface area contributed by atoms with Gasteiger partial charge in [-0.25, -0.2) is 9.48 Å². The topological polar surface area (TPSA) is 74.1 Å². The fourth-order valence-corrected chi connectivity index (χ4v) is 3.29. The summed E-state index contributed by atoms with van der Waals surface area (Å²) < 4.78 is 7.75. The van der Waals surface area contributed by atoms with Gasteiger partial charge in [0.15, 0.2) is 12.4 Å². The number of ketones is 1. The summed E-state index contributed by atoms with van der Waals surface area (Å²) in [5.74, 6) is -0.856. The molecule has 1 heterocycles. The van der Waals surface area contributed by atoms with Crippen LogP contribution in [0.15, 0.2) is 95.6 Å². The van der Waals surface area contributed by atoms with E-state index >= 15 is 0 Å². The lowest BCUT2D eigenvalue weighted by molar-refractivity contribution is -0.136. The summed E-state index contributed by atoms with van der Waals surface area (Å²) in [4.78, 5) is 24.3. The van der Waals surface area contributed by atoms with E-state index in [9.17, 15) is 9.59 Å². The van der Waals surface area contributed by atoms with Gasteiger partial charge >= 0.3 is 5.97 Å². The van der Waals surface area contributed by atoms with Crippen LogP contribution in [-0.2, 0) is 9.53 Å². The maximum Gasteiger partial charge on any atom is 0.331 e. The average Bonchev–Trinajstić information content (AvgIpc) is 3.32. The van der Waals surface area contributed by atoms with E-state index < -0.39 is 5.97 Å². The standard InChI is InChI=1S/C25H18BrN3O3/c26-21-11-7-19(8-12-21)23-16-27-28-29(23)22-13-9-20(10-14-22)24(30)17-32-25(31)15-6-18-4-2-1-3-5-18/h1-16H,17H2/b15-6+. The molecule has 0 saturated carbocycles. The third-order valence-electron chi connectivity index (χ3n) is 4.68. The lowest BCUT2D eigenvalue weighted by Gasteiger charge is -2.08. The Morgan fingerprint density at radius 2 is 1.66 bits per heavy atom. The molecule has 0 aliphatic heterocycles. The Kier molecular flexibility index (Phi) is 6.67. The van der Waals surface area contributed by atoms with Crippen LogP contribution < -0.4 is 0 Å². The maximum atomic E-state index is 12.4. The molecule has 4 rings (SSSR count). The summed E-state index contributed by atoms with van der Waals surface area (Å²) >= 11 is 3.43. The minimum absolute atomic E-state index is 0.287. The lowest BCUT2D eigenvalue weighted by Crippen LogP contribution is -2.12. The van der Waals surface area contributed by atoms with Crippen molar-refractivity contribution < 1.29 is 14.3 Å². The molecule has 0 unspecified atom stereocenters. The predicted molar refractivity (Wildman–Crippen MR) is 125 cm³/mol. The predicted octanol–water partition coefficient (Wildman–Crippen LogP) is 5.14. The Morgan fingerprint density at radius 3 is 2.38 bits per heavy atom. The van der Waals surface area contributed by atoms with E-state index in [-0.39, 0.29) is 12.4 Å². The summed E-state index contributed by atoms with van der Waals surface area (Å²) in [6.07, 6.45) is 4.63. The smallest absolute Gasteiger partial charge is 0.331 e. The molecule has 3 aromatic carbocycles. The monoisotopic (exact) mass is 487 g/mol. The summed E-state index contributed by atoms with van der Waals surface area (Å²) in [5.41, 5.74) is 3.88. The summed E-state index contributed by atoms with van der Waals surface area (Å²) in [5, 5.41) is 8.17. The first-order chi connectivity index (χ1) is 15.6. The molecule has 0 fully saturated rings. The summed E-state index contributed by atoms with van der Waals surface area (Å²) in [7, 11) is 0. The zero-order valence-electron chi connectivity index (χ0n) is 16.9. The quantitative estimate of drug-likeness (QED) is 0.205. The van der Waals surface area contributed by atoms with Gasteiger partial charge in [-0.1, -0.05) is 63.6 Å². The molecule has 0 aliphatic rings. The van der Waals surface area contributed by atoms with E-state index in [1.807, 2.05) is 54.6 Å². The zero-order valence-corrected chi connectivity index (χ0v) is 18.5. The molecule has 0 atom stereocenters. The fourth-order valence-electron chi connectivity index (χ4n) is 3.03. The molecule has 0 saturated heterocycles. The van der Waals surface area contributed by atoms with Crippen molar-refractivity contribution in [1.82, 2.24) is 15.0 Å². The minimum atomic E-state index is -0.569. The number of carbonyl (C=O) groups excluding carboxylic acids is 2.